The molecule has 0 aliphatic carbocycles. The van der Waals surface area contributed by atoms with Gasteiger partial charge in [0.25, 0.3) is 0 Å². The van der Waals surface area contributed by atoms with Crippen molar-refractivity contribution in [2.75, 3.05) is 0 Å². The van der Waals surface area contributed by atoms with Crippen LogP contribution in [0.1, 0.15) is 51.5 Å². The molecule has 110 valence electrons. The average Bonchev–Trinajstić information content (AvgIpc) is 2.85. The molecule has 0 bridgehead atoms. The normalized spacial score (nSPS) is 20.4. The molecule has 20 heavy (non-hydrogen) atoms. The number of benzene rings is 1. The van der Waals surface area contributed by atoms with Crippen LogP contribution in [-0.4, -0.2) is 16.3 Å². The van der Waals surface area contributed by atoms with Crippen LogP contribution in [0.5, 0.6) is 0 Å². The predicted molar refractivity (Wildman–Crippen MR) is 84.3 cm³/mol. The predicted octanol–water partition coefficient (Wildman–Crippen LogP) is 4.76. The molecule has 0 saturated carbocycles. The largest absolute Gasteiger partial charge is 0.481 e. The Morgan fingerprint density at radius 3 is 2.75 bits per heavy atom. The number of rotatable bonds is 7. The van der Waals surface area contributed by atoms with Crippen LogP contribution in [0.3, 0.4) is 0 Å². The molecule has 0 radical (unpaired) electrons. The van der Waals surface area contributed by atoms with Crippen molar-refractivity contribution in [2.24, 2.45) is 5.41 Å². The molecule has 1 aromatic carbocycles. The van der Waals surface area contributed by atoms with Crippen LogP contribution in [0.25, 0.3) is 0 Å². The number of fused-ring (bicyclic) bond motifs is 1. The van der Waals surface area contributed by atoms with Gasteiger partial charge in [-0.1, -0.05) is 44.9 Å². The first-order valence-corrected chi connectivity index (χ1v) is 8.47. The summed E-state index contributed by atoms with van der Waals surface area (Å²) in [6.07, 6.45) is 5.41. The van der Waals surface area contributed by atoms with E-state index in [1.165, 1.54) is 10.5 Å². The Hall–Kier alpha value is -0.960. The summed E-state index contributed by atoms with van der Waals surface area (Å²) in [5.41, 5.74) is 0.851. The van der Waals surface area contributed by atoms with Gasteiger partial charge >= 0.3 is 5.97 Å². The zero-order chi connectivity index (χ0) is 14.6. The summed E-state index contributed by atoms with van der Waals surface area (Å²) >= 11 is 1.87. The third-order valence-electron chi connectivity index (χ3n) is 4.47. The Morgan fingerprint density at radius 1 is 1.40 bits per heavy atom. The van der Waals surface area contributed by atoms with Crippen LogP contribution >= 0.6 is 11.8 Å². The van der Waals surface area contributed by atoms with Crippen molar-refractivity contribution in [2.45, 2.75) is 62.5 Å². The van der Waals surface area contributed by atoms with Crippen LogP contribution in [-0.2, 0) is 11.2 Å². The van der Waals surface area contributed by atoms with Crippen molar-refractivity contribution in [3.8, 4) is 0 Å². The van der Waals surface area contributed by atoms with Gasteiger partial charge in [0, 0.05) is 10.1 Å². The maximum atomic E-state index is 11.8. The van der Waals surface area contributed by atoms with Crippen LogP contribution in [0.4, 0.5) is 0 Å². The Balaban J connectivity index is 2.08. The summed E-state index contributed by atoms with van der Waals surface area (Å²) in [5.74, 6) is -0.606. The number of unbranched alkanes of at least 4 members (excludes halogenated alkanes) is 1. The number of hydrogen-bond acceptors (Lipinski definition) is 2. The highest BCUT2D eigenvalue weighted by molar-refractivity contribution is 8.00. The first-order chi connectivity index (χ1) is 9.61. The fourth-order valence-electron chi connectivity index (χ4n) is 3.09. The van der Waals surface area contributed by atoms with Gasteiger partial charge in [0.1, 0.15) is 0 Å². The Morgan fingerprint density at radius 2 is 2.15 bits per heavy atom. The molecule has 1 aliphatic rings. The molecule has 0 aromatic heterocycles. The van der Waals surface area contributed by atoms with Gasteiger partial charge in [-0.05, 0) is 37.3 Å². The summed E-state index contributed by atoms with van der Waals surface area (Å²) in [7, 11) is 0. The fourth-order valence-corrected chi connectivity index (χ4v) is 4.57. The summed E-state index contributed by atoms with van der Waals surface area (Å²) in [6, 6.07) is 8.46. The van der Waals surface area contributed by atoms with Crippen LogP contribution < -0.4 is 0 Å². The lowest BCUT2D eigenvalue weighted by Crippen LogP contribution is -2.33. The molecule has 0 saturated heterocycles. The summed E-state index contributed by atoms with van der Waals surface area (Å²) in [4.78, 5) is 13.1. The summed E-state index contributed by atoms with van der Waals surface area (Å²) in [6.45, 7) is 4.15. The van der Waals surface area contributed by atoms with Gasteiger partial charge in [0.2, 0.25) is 0 Å². The maximum Gasteiger partial charge on any atom is 0.309 e. The highest BCUT2D eigenvalue weighted by Gasteiger charge is 2.39. The van der Waals surface area contributed by atoms with Gasteiger partial charge < -0.3 is 5.11 Å². The lowest BCUT2D eigenvalue weighted by molar-refractivity contribution is -0.150. The molecule has 0 spiro atoms. The number of thioether (sulfide) groups is 1. The minimum Gasteiger partial charge on any atom is -0.481 e. The third-order valence-corrected chi connectivity index (χ3v) is 5.79. The minimum absolute atomic E-state index is 0.417. The quantitative estimate of drug-likeness (QED) is 0.787. The molecule has 3 heteroatoms. The van der Waals surface area contributed by atoms with E-state index in [1.54, 1.807) is 0 Å². The van der Waals surface area contributed by atoms with Crippen LogP contribution in [0, 0.1) is 5.41 Å². The van der Waals surface area contributed by atoms with Gasteiger partial charge in [0.05, 0.1) is 5.41 Å². The number of aliphatic carboxylic acids is 1. The minimum atomic E-state index is -0.606. The Labute approximate surface area is 126 Å². The van der Waals surface area contributed by atoms with Crippen molar-refractivity contribution < 1.29 is 9.90 Å². The third kappa shape index (κ3) is 3.20. The molecule has 0 amide bonds. The van der Waals surface area contributed by atoms with E-state index < -0.39 is 11.4 Å². The maximum absolute atomic E-state index is 11.8. The zero-order valence-corrected chi connectivity index (χ0v) is 13.2. The van der Waals surface area contributed by atoms with E-state index in [2.05, 4.69) is 31.2 Å². The molecular formula is C17H24O2S. The molecule has 1 N–H and O–H groups in total. The van der Waals surface area contributed by atoms with Crippen LogP contribution in [0.15, 0.2) is 29.2 Å². The molecule has 1 heterocycles. The van der Waals surface area contributed by atoms with Gasteiger partial charge in [0.15, 0.2) is 0 Å². The van der Waals surface area contributed by atoms with E-state index in [0.29, 0.717) is 5.25 Å². The standard InChI is InChI=1S/C17H24O2S/c1-3-5-10-17(4-2,16(18)19)12-14-11-13-8-6-7-9-15(13)20-14/h6-9,14H,3-5,10-12H2,1-2H3,(H,18,19). The zero-order valence-electron chi connectivity index (χ0n) is 12.4. The highest BCUT2D eigenvalue weighted by Crippen LogP contribution is 2.45. The summed E-state index contributed by atoms with van der Waals surface area (Å²) in [5, 5.41) is 10.1. The molecule has 2 atom stereocenters. The van der Waals surface area contributed by atoms with E-state index in [9.17, 15) is 9.90 Å². The topological polar surface area (TPSA) is 37.3 Å². The smallest absolute Gasteiger partial charge is 0.309 e. The molecule has 1 aliphatic heterocycles. The average molecular weight is 292 g/mol. The number of carboxylic acids is 1. The van der Waals surface area contributed by atoms with Gasteiger partial charge in [-0.15, -0.1) is 11.8 Å². The second-order valence-corrected chi connectivity index (χ2v) is 7.14. The SMILES string of the molecule is CCCCC(CC)(CC1Cc2ccccc2S1)C(=O)O. The number of carboxylic acid groups (broad SMARTS) is 1. The van der Waals surface area contributed by atoms with E-state index in [0.717, 1.165) is 38.5 Å². The molecular weight excluding hydrogens is 268 g/mol. The van der Waals surface area contributed by atoms with Crippen LogP contribution in [0.2, 0.25) is 0 Å². The van der Waals surface area contributed by atoms with E-state index in [4.69, 9.17) is 0 Å². The van der Waals surface area contributed by atoms with Crippen molar-refractivity contribution in [1.29, 1.82) is 0 Å². The lowest BCUT2D eigenvalue weighted by atomic mass is 9.76. The van der Waals surface area contributed by atoms with Crippen molar-refractivity contribution in [3.63, 3.8) is 0 Å². The van der Waals surface area contributed by atoms with Gasteiger partial charge in [-0.25, -0.2) is 0 Å². The molecule has 2 unspecified atom stereocenters. The first-order valence-electron chi connectivity index (χ1n) is 7.59. The lowest BCUT2D eigenvalue weighted by Gasteiger charge is -2.30. The van der Waals surface area contributed by atoms with E-state index >= 15 is 0 Å². The number of hydrogen-bond donors (Lipinski definition) is 1. The molecule has 2 rings (SSSR count). The van der Waals surface area contributed by atoms with Crippen molar-refractivity contribution >= 4 is 17.7 Å². The van der Waals surface area contributed by atoms with E-state index in [1.807, 2.05) is 18.7 Å². The highest BCUT2D eigenvalue weighted by atomic mass is 32.2. The molecule has 0 fully saturated rings. The first kappa shape index (κ1) is 15.4. The van der Waals surface area contributed by atoms with Gasteiger partial charge in [-0.2, -0.15) is 0 Å². The van der Waals surface area contributed by atoms with Crippen molar-refractivity contribution in [1.82, 2.24) is 0 Å². The molecule has 1 aromatic rings. The fraction of sp³-hybridized carbons (Fsp3) is 0.588. The second-order valence-electron chi connectivity index (χ2n) is 5.80. The Kier molecular flexibility index (Phi) is 5.14. The molecule has 2 nitrogen and oxygen atoms in total. The Bertz CT molecular complexity index is 447. The second kappa shape index (κ2) is 6.66. The van der Waals surface area contributed by atoms with E-state index in [-0.39, 0.29) is 0 Å². The summed E-state index contributed by atoms with van der Waals surface area (Å²) < 4.78 is 0. The van der Waals surface area contributed by atoms with Crippen molar-refractivity contribution in [3.05, 3.63) is 29.8 Å². The monoisotopic (exact) mass is 292 g/mol. The van der Waals surface area contributed by atoms with Gasteiger partial charge in [-0.3, -0.25) is 4.79 Å². The number of carbonyl (C=O) groups is 1.